The summed E-state index contributed by atoms with van der Waals surface area (Å²) in [4.78, 5) is 117. The van der Waals surface area contributed by atoms with E-state index >= 15 is 0 Å². The van der Waals surface area contributed by atoms with Gasteiger partial charge < -0.3 is 64.0 Å². The predicted octanol–water partition coefficient (Wildman–Crippen LogP) is -1.70. The van der Waals surface area contributed by atoms with Crippen LogP contribution in [0.5, 0.6) is 0 Å². The summed E-state index contributed by atoms with van der Waals surface area (Å²) in [5.74, 6) is -8.95. The Hall–Kier alpha value is -4.54. The van der Waals surface area contributed by atoms with Crippen LogP contribution >= 0.6 is 11.8 Å². The zero-order valence-corrected chi connectivity index (χ0v) is 37.5. The number of nitrogens with one attached hydrogen (secondary N) is 7. The molecule has 0 bridgehead atoms. The number of carboxylic acids is 2. The molecule has 0 saturated carbocycles. The Morgan fingerprint density at radius 3 is 1.51 bits per heavy atom. The van der Waals surface area contributed by atoms with Gasteiger partial charge in [0.1, 0.15) is 42.3 Å². The molecule has 0 aliphatic rings. The largest absolute Gasteiger partial charge is 0.481 e. The number of aliphatic hydroxyl groups excluding tert-OH is 1. The second-order valence-electron chi connectivity index (χ2n) is 15.8. The molecule has 7 amide bonds. The van der Waals surface area contributed by atoms with Crippen LogP contribution in [0.2, 0.25) is 0 Å². The van der Waals surface area contributed by atoms with Crippen molar-refractivity contribution < 1.29 is 58.5 Å². The van der Waals surface area contributed by atoms with Crippen LogP contribution in [-0.4, -0.2) is 142 Å². The molecular formula is C39H71N9O12S. The predicted molar refractivity (Wildman–Crippen MR) is 228 cm³/mol. The zero-order valence-electron chi connectivity index (χ0n) is 36.7. The zero-order chi connectivity index (χ0) is 47.0. The van der Waals surface area contributed by atoms with Gasteiger partial charge in [0.2, 0.25) is 41.4 Å². The number of carboxylic acid groups (broad SMARTS) is 2. The van der Waals surface area contributed by atoms with Gasteiger partial charge in [-0.05, 0) is 81.8 Å². The van der Waals surface area contributed by atoms with Gasteiger partial charge in [-0.1, -0.05) is 48.0 Å². The average molecular weight is 890 g/mol. The van der Waals surface area contributed by atoms with Gasteiger partial charge >= 0.3 is 11.9 Å². The third kappa shape index (κ3) is 21.7. The van der Waals surface area contributed by atoms with E-state index in [1.165, 1.54) is 18.7 Å². The number of aliphatic carboxylic acids is 2. The average Bonchev–Trinajstić information content (AvgIpc) is 3.18. The molecule has 14 N–H and O–H groups in total. The van der Waals surface area contributed by atoms with E-state index in [1.807, 2.05) is 0 Å². The lowest BCUT2D eigenvalue weighted by molar-refractivity contribution is -0.143. The summed E-state index contributed by atoms with van der Waals surface area (Å²) in [5, 5.41) is 46.6. The van der Waals surface area contributed by atoms with Crippen molar-refractivity contribution in [3.63, 3.8) is 0 Å². The number of hydrogen-bond donors (Lipinski definition) is 12. The lowest BCUT2D eigenvalue weighted by atomic mass is 9.97. The molecular weight excluding hydrogens is 819 g/mol. The number of amides is 7. The van der Waals surface area contributed by atoms with Crippen LogP contribution < -0.4 is 48.7 Å². The van der Waals surface area contributed by atoms with Crippen LogP contribution in [0.15, 0.2) is 0 Å². The summed E-state index contributed by atoms with van der Waals surface area (Å²) in [7, 11) is 0. The number of carbonyl (C=O) groups is 9. The van der Waals surface area contributed by atoms with Crippen LogP contribution in [-0.2, 0) is 43.2 Å². The number of hydrogen-bond acceptors (Lipinski definition) is 13. The van der Waals surface area contributed by atoms with Gasteiger partial charge in [0.05, 0.1) is 12.6 Å². The molecule has 0 saturated heterocycles. The maximum absolute atomic E-state index is 13.8. The van der Waals surface area contributed by atoms with Crippen molar-refractivity contribution in [1.29, 1.82) is 0 Å². The molecule has 0 aromatic heterocycles. The second kappa shape index (κ2) is 29.7. The molecule has 0 spiro atoms. The third-order valence-corrected chi connectivity index (χ3v) is 10.3. The van der Waals surface area contributed by atoms with Crippen molar-refractivity contribution in [3.8, 4) is 0 Å². The van der Waals surface area contributed by atoms with E-state index in [0.29, 0.717) is 25.0 Å². The van der Waals surface area contributed by atoms with Crippen LogP contribution in [0.1, 0.15) is 99.8 Å². The number of nitrogens with two attached hydrogens (primary N) is 2. The monoisotopic (exact) mass is 889 g/mol. The first-order valence-electron chi connectivity index (χ1n) is 20.7. The standard InChI is InChI=1S/C39H71N9O12S/c1-9-22(6)31(48-32(52)23(7)41)38(58)46-28(19-49)36(56)42-24(12-10-11-16-40)33(53)43-26(15-17-61-8)35(55)47-30(21(4)5)37(57)44-25(13-14-29(50)51)34(54)45-27(39(59)60)18-20(2)3/h20-28,30-31,49H,9-19,40-41H2,1-8H3,(H,42,56)(H,43,53)(H,44,57)(H,45,54)(H,46,58)(H,47,55)(H,48,52)(H,50,51)(H,59,60)/t22-,23-,24-,25-,26-,27-,28-,30-,31-/m0/s1. The van der Waals surface area contributed by atoms with Gasteiger partial charge in [-0.15, -0.1) is 0 Å². The molecule has 0 radical (unpaired) electrons. The fourth-order valence-electron chi connectivity index (χ4n) is 5.81. The van der Waals surface area contributed by atoms with Gasteiger partial charge in [-0.2, -0.15) is 11.8 Å². The number of rotatable bonds is 31. The molecule has 0 fully saturated rings. The molecule has 21 nitrogen and oxygen atoms in total. The van der Waals surface area contributed by atoms with Crippen molar-refractivity contribution in [2.45, 2.75) is 148 Å². The fraction of sp³-hybridized carbons (Fsp3) is 0.769. The maximum Gasteiger partial charge on any atom is 0.326 e. The SMILES string of the molecule is CC[C@H](C)[C@H](NC(=O)[C@H](C)N)C(=O)N[C@@H](CO)C(=O)N[C@@H](CCCCN)C(=O)N[C@@H](CCSC)C(=O)N[C@H](C(=O)N[C@@H](CCC(=O)O)C(=O)N[C@@H](CC(C)C)C(=O)O)C(C)C. The maximum atomic E-state index is 13.8. The van der Waals surface area contributed by atoms with Crippen LogP contribution in [0, 0.1) is 17.8 Å². The van der Waals surface area contributed by atoms with Crippen molar-refractivity contribution in [2.75, 3.05) is 25.2 Å². The van der Waals surface area contributed by atoms with Crippen LogP contribution in [0.25, 0.3) is 0 Å². The van der Waals surface area contributed by atoms with Crippen molar-refractivity contribution in [3.05, 3.63) is 0 Å². The van der Waals surface area contributed by atoms with E-state index < -0.39 is 121 Å². The lowest BCUT2D eigenvalue weighted by Crippen LogP contribution is -2.61. The van der Waals surface area contributed by atoms with Gasteiger partial charge in [0, 0.05) is 6.42 Å². The molecule has 0 aromatic carbocycles. The Bertz CT molecular complexity index is 1470. The second-order valence-corrected chi connectivity index (χ2v) is 16.8. The van der Waals surface area contributed by atoms with E-state index in [-0.39, 0.29) is 44.1 Å². The van der Waals surface area contributed by atoms with Crippen molar-refractivity contribution in [1.82, 2.24) is 37.2 Å². The number of unbranched alkanes of at least 4 members (excludes halogenated alkanes) is 1. The first kappa shape index (κ1) is 56.5. The minimum Gasteiger partial charge on any atom is -0.481 e. The summed E-state index contributed by atoms with van der Waals surface area (Å²) >= 11 is 1.37. The minimum atomic E-state index is -1.54. The Kier molecular flexibility index (Phi) is 27.5. The quantitative estimate of drug-likeness (QED) is 0.0345. The molecule has 0 unspecified atom stereocenters. The highest BCUT2D eigenvalue weighted by Crippen LogP contribution is 2.12. The first-order chi connectivity index (χ1) is 28.5. The highest BCUT2D eigenvalue weighted by Gasteiger charge is 2.35. The fourth-order valence-corrected chi connectivity index (χ4v) is 6.28. The highest BCUT2D eigenvalue weighted by atomic mass is 32.2. The summed E-state index contributed by atoms with van der Waals surface area (Å²) in [5.41, 5.74) is 11.3. The van der Waals surface area contributed by atoms with E-state index in [1.54, 1.807) is 47.8 Å². The van der Waals surface area contributed by atoms with Gasteiger partial charge in [-0.25, -0.2) is 4.79 Å². The Morgan fingerprint density at radius 1 is 0.590 bits per heavy atom. The Balaban J connectivity index is 6.35. The molecule has 22 heteroatoms. The summed E-state index contributed by atoms with van der Waals surface area (Å²) in [6.07, 6.45) is 2.35. The van der Waals surface area contributed by atoms with Crippen LogP contribution in [0.3, 0.4) is 0 Å². The molecule has 350 valence electrons. The highest BCUT2D eigenvalue weighted by molar-refractivity contribution is 7.98. The van der Waals surface area contributed by atoms with E-state index in [2.05, 4.69) is 37.2 Å². The molecule has 0 aliphatic heterocycles. The molecule has 9 atom stereocenters. The van der Waals surface area contributed by atoms with Gasteiger partial charge in [0.15, 0.2) is 0 Å². The number of carbonyl (C=O) groups excluding carboxylic acids is 7. The molecule has 0 heterocycles. The number of aliphatic hydroxyl groups is 1. The Labute approximate surface area is 362 Å². The van der Waals surface area contributed by atoms with E-state index in [0.717, 1.165) is 0 Å². The molecule has 0 aromatic rings. The number of thioether (sulfide) groups is 1. The van der Waals surface area contributed by atoms with Crippen molar-refractivity contribution >= 4 is 65.1 Å². The lowest BCUT2D eigenvalue weighted by Gasteiger charge is -2.29. The molecule has 61 heavy (non-hydrogen) atoms. The summed E-state index contributed by atoms with van der Waals surface area (Å²) < 4.78 is 0. The normalized spacial score (nSPS) is 15.7. The molecule has 0 rings (SSSR count). The third-order valence-electron chi connectivity index (χ3n) is 9.69. The first-order valence-corrected chi connectivity index (χ1v) is 22.1. The van der Waals surface area contributed by atoms with Crippen LogP contribution in [0.4, 0.5) is 0 Å². The topological polar surface area (TPSA) is 351 Å². The van der Waals surface area contributed by atoms with E-state index in [9.17, 15) is 58.5 Å². The summed E-state index contributed by atoms with van der Waals surface area (Å²) in [6, 6.07) is -10.2. The van der Waals surface area contributed by atoms with Gasteiger partial charge in [-0.3, -0.25) is 38.4 Å². The van der Waals surface area contributed by atoms with E-state index in [4.69, 9.17) is 11.5 Å². The Morgan fingerprint density at radius 2 is 1.05 bits per heavy atom. The minimum absolute atomic E-state index is 0.0500. The van der Waals surface area contributed by atoms with Crippen molar-refractivity contribution in [2.24, 2.45) is 29.2 Å². The molecule has 0 aliphatic carbocycles. The smallest absolute Gasteiger partial charge is 0.326 e. The van der Waals surface area contributed by atoms with Gasteiger partial charge in [0.25, 0.3) is 0 Å². The summed E-state index contributed by atoms with van der Waals surface area (Å²) in [6.45, 7) is 11.1.